The molecule has 0 saturated carbocycles. The SMILES string of the molecule is CC(C)N(Cc1ccccc1)C(=O)CN(c1ccc(F)c(F)c1)S(C)(=O)=O. The van der Waals surface area contributed by atoms with Crippen LogP contribution in [0.15, 0.2) is 48.5 Å². The van der Waals surface area contributed by atoms with E-state index in [1.807, 2.05) is 44.2 Å². The zero-order chi connectivity index (χ0) is 20.2. The molecule has 5 nitrogen and oxygen atoms in total. The Hall–Kier alpha value is -2.48. The number of sulfonamides is 1. The zero-order valence-corrected chi connectivity index (χ0v) is 16.2. The summed E-state index contributed by atoms with van der Waals surface area (Å²) >= 11 is 0. The van der Waals surface area contributed by atoms with E-state index < -0.39 is 34.1 Å². The molecule has 0 radical (unpaired) electrons. The minimum Gasteiger partial charge on any atom is -0.334 e. The van der Waals surface area contributed by atoms with Crippen LogP contribution >= 0.6 is 0 Å². The van der Waals surface area contributed by atoms with Crippen molar-refractivity contribution in [3.63, 3.8) is 0 Å². The summed E-state index contributed by atoms with van der Waals surface area (Å²) in [5.74, 6) is -2.71. The predicted molar refractivity (Wildman–Crippen MR) is 101 cm³/mol. The molecule has 2 aromatic carbocycles. The van der Waals surface area contributed by atoms with E-state index in [1.165, 1.54) is 4.90 Å². The highest BCUT2D eigenvalue weighted by Gasteiger charge is 2.26. The molecule has 8 heteroatoms. The number of rotatable bonds is 7. The lowest BCUT2D eigenvalue weighted by Crippen LogP contribution is -2.45. The first-order chi connectivity index (χ1) is 12.6. The van der Waals surface area contributed by atoms with Gasteiger partial charge < -0.3 is 4.90 Å². The second-order valence-electron chi connectivity index (χ2n) is 6.47. The van der Waals surface area contributed by atoms with Gasteiger partial charge in [0.1, 0.15) is 6.54 Å². The second-order valence-corrected chi connectivity index (χ2v) is 8.38. The van der Waals surface area contributed by atoms with Crippen LogP contribution in [0.3, 0.4) is 0 Å². The number of nitrogens with zero attached hydrogens (tertiary/aromatic N) is 2. The van der Waals surface area contributed by atoms with Crippen molar-refractivity contribution in [2.75, 3.05) is 17.1 Å². The summed E-state index contributed by atoms with van der Waals surface area (Å²) in [4.78, 5) is 14.4. The molecule has 0 spiro atoms. The minimum absolute atomic E-state index is 0.104. The van der Waals surface area contributed by atoms with Crippen molar-refractivity contribution in [3.05, 3.63) is 65.7 Å². The molecule has 1 amide bonds. The average Bonchev–Trinajstić information content (AvgIpc) is 2.59. The third-order valence-corrected chi connectivity index (χ3v) is 5.15. The Labute approximate surface area is 158 Å². The first-order valence-electron chi connectivity index (χ1n) is 8.35. The van der Waals surface area contributed by atoms with Crippen LogP contribution in [-0.4, -0.2) is 38.1 Å². The molecule has 146 valence electrons. The van der Waals surface area contributed by atoms with Gasteiger partial charge in [0.25, 0.3) is 0 Å². The summed E-state index contributed by atoms with van der Waals surface area (Å²) in [7, 11) is -3.88. The summed E-state index contributed by atoms with van der Waals surface area (Å²) in [5, 5.41) is 0. The second kappa shape index (κ2) is 8.47. The number of amides is 1. The van der Waals surface area contributed by atoms with Crippen LogP contribution in [0.1, 0.15) is 19.4 Å². The molecule has 0 atom stereocenters. The van der Waals surface area contributed by atoms with E-state index in [9.17, 15) is 22.0 Å². The number of halogens is 2. The van der Waals surface area contributed by atoms with Crippen molar-refractivity contribution in [2.24, 2.45) is 0 Å². The molecule has 0 bridgehead atoms. The molecule has 0 aromatic heterocycles. The van der Waals surface area contributed by atoms with Crippen LogP contribution in [0.5, 0.6) is 0 Å². The Morgan fingerprint density at radius 1 is 1.04 bits per heavy atom. The highest BCUT2D eigenvalue weighted by Crippen LogP contribution is 2.21. The summed E-state index contributed by atoms with van der Waals surface area (Å²) in [6.45, 7) is 3.45. The molecule has 0 aliphatic carbocycles. The number of hydrogen-bond donors (Lipinski definition) is 0. The van der Waals surface area contributed by atoms with Crippen molar-refractivity contribution < 1.29 is 22.0 Å². The lowest BCUT2D eigenvalue weighted by Gasteiger charge is -2.30. The summed E-state index contributed by atoms with van der Waals surface area (Å²) < 4.78 is 51.8. The standard InChI is InChI=1S/C19H22F2N2O3S/c1-14(2)22(12-15-7-5-4-6-8-15)19(24)13-23(27(3,25)26)16-9-10-17(20)18(21)11-16/h4-11,14H,12-13H2,1-3H3. The number of benzene rings is 2. The Bertz CT molecular complexity index is 902. The van der Waals surface area contributed by atoms with Gasteiger partial charge in [0, 0.05) is 18.7 Å². The maximum Gasteiger partial charge on any atom is 0.243 e. The number of carbonyl (C=O) groups excluding carboxylic acids is 1. The van der Waals surface area contributed by atoms with E-state index in [2.05, 4.69) is 0 Å². The van der Waals surface area contributed by atoms with Crippen LogP contribution in [-0.2, 0) is 21.4 Å². The molecule has 2 aromatic rings. The van der Waals surface area contributed by atoms with Crippen LogP contribution in [0.2, 0.25) is 0 Å². The molecule has 0 heterocycles. The van der Waals surface area contributed by atoms with Gasteiger partial charge in [0.15, 0.2) is 11.6 Å². The number of carbonyl (C=O) groups is 1. The van der Waals surface area contributed by atoms with Gasteiger partial charge in [-0.3, -0.25) is 9.10 Å². The molecule has 0 aliphatic heterocycles. The Morgan fingerprint density at radius 2 is 1.67 bits per heavy atom. The van der Waals surface area contributed by atoms with Crippen molar-refractivity contribution in [3.8, 4) is 0 Å². The summed E-state index contributed by atoms with van der Waals surface area (Å²) in [6.07, 6.45) is 0.915. The van der Waals surface area contributed by atoms with Gasteiger partial charge in [0.2, 0.25) is 15.9 Å². The molecule has 0 fully saturated rings. The highest BCUT2D eigenvalue weighted by atomic mass is 32.2. The van der Waals surface area contributed by atoms with E-state index in [-0.39, 0.29) is 11.7 Å². The largest absolute Gasteiger partial charge is 0.334 e. The molecular weight excluding hydrogens is 374 g/mol. The van der Waals surface area contributed by atoms with Crippen molar-refractivity contribution >= 4 is 21.6 Å². The van der Waals surface area contributed by atoms with Crippen molar-refractivity contribution in [1.29, 1.82) is 0 Å². The molecule has 0 aliphatic rings. The van der Waals surface area contributed by atoms with Crippen LogP contribution in [0.25, 0.3) is 0 Å². The van der Waals surface area contributed by atoms with Gasteiger partial charge in [-0.05, 0) is 31.5 Å². The van der Waals surface area contributed by atoms with Gasteiger partial charge in [-0.15, -0.1) is 0 Å². The molecule has 0 N–H and O–H groups in total. The fraction of sp³-hybridized carbons (Fsp3) is 0.316. The lowest BCUT2D eigenvalue weighted by molar-refractivity contribution is -0.131. The van der Waals surface area contributed by atoms with Crippen molar-refractivity contribution in [1.82, 2.24) is 4.90 Å². The predicted octanol–water partition coefficient (Wildman–Crippen LogP) is 3.17. The number of hydrogen-bond acceptors (Lipinski definition) is 3. The lowest BCUT2D eigenvalue weighted by atomic mass is 10.2. The first kappa shape index (κ1) is 20.8. The Kier molecular flexibility index (Phi) is 6.54. The topological polar surface area (TPSA) is 57.7 Å². The fourth-order valence-electron chi connectivity index (χ4n) is 2.59. The molecule has 27 heavy (non-hydrogen) atoms. The van der Waals surface area contributed by atoms with Crippen LogP contribution < -0.4 is 4.31 Å². The van der Waals surface area contributed by atoms with Crippen LogP contribution in [0, 0.1) is 11.6 Å². The van der Waals surface area contributed by atoms with Gasteiger partial charge in [-0.25, -0.2) is 17.2 Å². The van der Waals surface area contributed by atoms with Gasteiger partial charge >= 0.3 is 0 Å². The Balaban J connectivity index is 2.29. The van der Waals surface area contributed by atoms with E-state index in [0.717, 1.165) is 34.3 Å². The summed E-state index contributed by atoms with van der Waals surface area (Å²) in [5.41, 5.74) is 0.798. The monoisotopic (exact) mass is 396 g/mol. The van der Waals surface area contributed by atoms with Gasteiger partial charge in [-0.2, -0.15) is 0 Å². The normalized spacial score (nSPS) is 11.5. The van der Waals surface area contributed by atoms with Crippen molar-refractivity contribution in [2.45, 2.75) is 26.4 Å². The molecule has 0 unspecified atom stereocenters. The Morgan fingerprint density at radius 3 is 2.19 bits per heavy atom. The summed E-state index contributed by atoms with van der Waals surface area (Å²) in [6, 6.07) is 11.8. The van der Waals surface area contributed by atoms with E-state index >= 15 is 0 Å². The fourth-order valence-corrected chi connectivity index (χ4v) is 3.43. The molecule has 2 rings (SSSR count). The first-order valence-corrected chi connectivity index (χ1v) is 10.2. The highest BCUT2D eigenvalue weighted by molar-refractivity contribution is 7.92. The average molecular weight is 396 g/mol. The van der Waals surface area contributed by atoms with Crippen LogP contribution in [0.4, 0.5) is 14.5 Å². The quantitative estimate of drug-likeness (QED) is 0.722. The minimum atomic E-state index is -3.88. The maximum atomic E-state index is 13.5. The van der Waals surface area contributed by atoms with E-state index in [4.69, 9.17) is 0 Å². The third kappa shape index (κ3) is 5.50. The van der Waals surface area contributed by atoms with E-state index in [1.54, 1.807) is 0 Å². The van der Waals surface area contributed by atoms with E-state index in [0.29, 0.717) is 6.54 Å². The third-order valence-electron chi connectivity index (χ3n) is 4.01. The zero-order valence-electron chi connectivity index (χ0n) is 15.4. The number of anilines is 1. The van der Waals surface area contributed by atoms with Gasteiger partial charge in [0.05, 0.1) is 11.9 Å². The maximum absolute atomic E-state index is 13.5. The van der Waals surface area contributed by atoms with Gasteiger partial charge in [-0.1, -0.05) is 30.3 Å². The molecule has 0 saturated heterocycles. The molecular formula is C19H22F2N2O3S. The smallest absolute Gasteiger partial charge is 0.243 e.